The smallest absolute Gasteiger partial charge is 0.0950 e. The summed E-state index contributed by atoms with van der Waals surface area (Å²) in [7, 11) is 0. The molecular formula is C12H18N2O2. The molecule has 2 rings (SSSR count). The Morgan fingerprint density at radius 3 is 2.81 bits per heavy atom. The monoisotopic (exact) mass is 222 g/mol. The van der Waals surface area contributed by atoms with Crippen LogP contribution >= 0.6 is 0 Å². The van der Waals surface area contributed by atoms with Gasteiger partial charge in [-0.3, -0.25) is 4.84 Å². The van der Waals surface area contributed by atoms with Crippen molar-refractivity contribution in [1.29, 1.82) is 0 Å². The van der Waals surface area contributed by atoms with E-state index < -0.39 is 0 Å². The Morgan fingerprint density at radius 2 is 2.12 bits per heavy atom. The number of nitrogens with two attached hydrogens (primary N) is 1. The van der Waals surface area contributed by atoms with Crippen molar-refractivity contribution in [3.63, 3.8) is 0 Å². The van der Waals surface area contributed by atoms with Crippen LogP contribution in [0, 0.1) is 6.92 Å². The first-order valence-corrected chi connectivity index (χ1v) is 5.55. The van der Waals surface area contributed by atoms with Crippen molar-refractivity contribution in [2.24, 2.45) is 5.90 Å². The van der Waals surface area contributed by atoms with Gasteiger partial charge in [-0.1, -0.05) is 12.1 Å². The van der Waals surface area contributed by atoms with Crippen molar-refractivity contribution >= 4 is 5.69 Å². The molecule has 1 aliphatic heterocycles. The van der Waals surface area contributed by atoms with Crippen LogP contribution in [0.1, 0.15) is 11.1 Å². The minimum Gasteiger partial charge on any atom is -0.378 e. The maximum Gasteiger partial charge on any atom is 0.0950 e. The van der Waals surface area contributed by atoms with Crippen LogP contribution in [-0.4, -0.2) is 26.3 Å². The maximum absolute atomic E-state index is 5.35. The molecule has 1 heterocycles. The molecule has 16 heavy (non-hydrogen) atoms. The van der Waals surface area contributed by atoms with E-state index in [9.17, 15) is 0 Å². The Kier molecular flexibility index (Phi) is 3.77. The molecule has 0 atom stereocenters. The average molecular weight is 222 g/mol. The van der Waals surface area contributed by atoms with Crippen LogP contribution in [0.15, 0.2) is 18.2 Å². The molecule has 1 aromatic carbocycles. The predicted octanol–water partition coefficient (Wildman–Crippen LogP) is 1.22. The molecule has 0 radical (unpaired) electrons. The van der Waals surface area contributed by atoms with Crippen molar-refractivity contribution in [3.05, 3.63) is 29.3 Å². The standard InChI is InChI=1S/C12H18N2O2/c1-10-2-3-11(9-16-13)12(8-10)14-4-6-15-7-5-14/h2-3,8H,4-7,9,13H2,1H3. The van der Waals surface area contributed by atoms with E-state index in [1.54, 1.807) is 0 Å². The van der Waals surface area contributed by atoms with Gasteiger partial charge >= 0.3 is 0 Å². The summed E-state index contributed by atoms with van der Waals surface area (Å²) in [6, 6.07) is 6.34. The van der Waals surface area contributed by atoms with Gasteiger partial charge in [0, 0.05) is 24.3 Å². The van der Waals surface area contributed by atoms with E-state index in [1.165, 1.54) is 11.3 Å². The van der Waals surface area contributed by atoms with Gasteiger partial charge in [0.1, 0.15) is 0 Å². The lowest BCUT2D eigenvalue weighted by molar-refractivity contribution is 0.118. The number of ether oxygens (including phenoxy) is 1. The summed E-state index contributed by atoms with van der Waals surface area (Å²) in [4.78, 5) is 7.07. The minimum atomic E-state index is 0.451. The number of aryl methyl sites for hydroxylation is 1. The van der Waals surface area contributed by atoms with Gasteiger partial charge in [0.25, 0.3) is 0 Å². The molecule has 2 N–H and O–H groups in total. The second kappa shape index (κ2) is 5.30. The lowest BCUT2D eigenvalue weighted by atomic mass is 10.1. The molecular weight excluding hydrogens is 204 g/mol. The van der Waals surface area contributed by atoms with Crippen LogP contribution in [0.3, 0.4) is 0 Å². The molecule has 0 saturated carbocycles. The molecule has 4 nitrogen and oxygen atoms in total. The average Bonchev–Trinajstić information content (AvgIpc) is 2.33. The number of morpholine rings is 1. The van der Waals surface area contributed by atoms with Crippen molar-refractivity contribution in [3.8, 4) is 0 Å². The number of rotatable bonds is 3. The molecule has 0 amide bonds. The summed E-state index contributed by atoms with van der Waals surface area (Å²) in [5, 5.41) is 0. The molecule has 0 spiro atoms. The topological polar surface area (TPSA) is 47.7 Å². The fourth-order valence-electron chi connectivity index (χ4n) is 1.98. The maximum atomic E-state index is 5.35. The molecule has 1 saturated heterocycles. The molecule has 1 aromatic rings. The Morgan fingerprint density at radius 1 is 1.38 bits per heavy atom. The van der Waals surface area contributed by atoms with Crippen LogP contribution < -0.4 is 10.8 Å². The molecule has 1 fully saturated rings. The Labute approximate surface area is 95.9 Å². The predicted molar refractivity (Wildman–Crippen MR) is 63.2 cm³/mol. The van der Waals surface area contributed by atoms with Crippen LogP contribution in [0.25, 0.3) is 0 Å². The largest absolute Gasteiger partial charge is 0.378 e. The van der Waals surface area contributed by atoms with Gasteiger partial charge in [-0.15, -0.1) is 0 Å². The lowest BCUT2D eigenvalue weighted by Gasteiger charge is -2.30. The third-order valence-corrected chi connectivity index (χ3v) is 2.83. The SMILES string of the molecule is Cc1ccc(CON)c(N2CCOCC2)c1. The first-order chi connectivity index (χ1) is 7.81. The summed E-state index contributed by atoms with van der Waals surface area (Å²) < 4.78 is 5.35. The van der Waals surface area contributed by atoms with Gasteiger partial charge in [0.2, 0.25) is 0 Å². The van der Waals surface area contributed by atoms with Gasteiger partial charge < -0.3 is 9.64 Å². The summed E-state index contributed by atoms with van der Waals surface area (Å²) in [5.41, 5.74) is 3.60. The van der Waals surface area contributed by atoms with Gasteiger partial charge in [-0.2, -0.15) is 0 Å². The van der Waals surface area contributed by atoms with E-state index in [0.717, 1.165) is 31.9 Å². The van der Waals surface area contributed by atoms with Crippen LogP contribution in [0.4, 0.5) is 5.69 Å². The quantitative estimate of drug-likeness (QED) is 0.781. The van der Waals surface area contributed by atoms with Gasteiger partial charge in [0.15, 0.2) is 0 Å². The summed E-state index contributed by atoms with van der Waals surface area (Å²) in [6.07, 6.45) is 0. The van der Waals surface area contributed by atoms with Crippen LogP contribution in [0.5, 0.6) is 0 Å². The summed E-state index contributed by atoms with van der Waals surface area (Å²) in [5.74, 6) is 5.15. The van der Waals surface area contributed by atoms with Crippen molar-refractivity contribution in [1.82, 2.24) is 0 Å². The minimum absolute atomic E-state index is 0.451. The Balaban J connectivity index is 2.24. The van der Waals surface area contributed by atoms with Gasteiger partial charge in [-0.05, 0) is 18.6 Å². The zero-order chi connectivity index (χ0) is 11.4. The second-order valence-electron chi connectivity index (χ2n) is 4.04. The third-order valence-electron chi connectivity index (χ3n) is 2.83. The van der Waals surface area contributed by atoms with E-state index in [2.05, 4.69) is 30.0 Å². The van der Waals surface area contributed by atoms with Crippen molar-refractivity contribution in [2.45, 2.75) is 13.5 Å². The van der Waals surface area contributed by atoms with E-state index >= 15 is 0 Å². The highest BCUT2D eigenvalue weighted by molar-refractivity contribution is 5.55. The number of nitrogens with zero attached hydrogens (tertiary/aromatic N) is 1. The molecule has 0 aliphatic carbocycles. The number of hydrogen-bond acceptors (Lipinski definition) is 4. The molecule has 0 unspecified atom stereocenters. The number of hydrogen-bond donors (Lipinski definition) is 1. The molecule has 1 aliphatic rings. The van der Waals surface area contributed by atoms with E-state index in [4.69, 9.17) is 15.5 Å². The highest BCUT2D eigenvalue weighted by Gasteiger charge is 2.14. The zero-order valence-corrected chi connectivity index (χ0v) is 9.61. The van der Waals surface area contributed by atoms with Crippen molar-refractivity contribution < 1.29 is 9.57 Å². The Bertz CT molecular complexity index is 349. The molecule has 88 valence electrons. The van der Waals surface area contributed by atoms with Gasteiger partial charge in [0.05, 0.1) is 19.8 Å². The van der Waals surface area contributed by atoms with E-state index in [1.807, 2.05) is 0 Å². The molecule has 0 bridgehead atoms. The number of anilines is 1. The first-order valence-electron chi connectivity index (χ1n) is 5.55. The summed E-state index contributed by atoms with van der Waals surface area (Å²) >= 11 is 0. The van der Waals surface area contributed by atoms with Crippen molar-refractivity contribution in [2.75, 3.05) is 31.2 Å². The fourth-order valence-corrected chi connectivity index (χ4v) is 1.98. The number of benzene rings is 1. The fraction of sp³-hybridized carbons (Fsp3) is 0.500. The van der Waals surface area contributed by atoms with Crippen LogP contribution in [-0.2, 0) is 16.2 Å². The molecule has 4 heteroatoms. The van der Waals surface area contributed by atoms with E-state index in [-0.39, 0.29) is 0 Å². The summed E-state index contributed by atoms with van der Waals surface area (Å²) in [6.45, 7) is 5.99. The Hall–Kier alpha value is -1.10. The first kappa shape index (κ1) is 11.4. The molecule has 0 aromatic heterocycles. The zero-order valence-electron chi connectivity index (χ0n) is 9.61. The second-order valence-corrected chi connectivity index (χ2v) is 4.04. The third kappa shape index (κ3) is 2.52. The van der Waals surface area contributed by atoms with E-state index in [0.29, 0.717) is 6.61 Å². The normalized spacial score (nSPS) is 16.5. The lowest BCUT2D eigenvalue weighted by Crippen LogP contribution is -2.36. The van der Waals surface area contributed by atoms with Crippen LogP contribution in [0.2, 0.25) is 0 Å². The highest BCUT2D eigenvalue weighted by atomic mass is 16.6. The highest BCUT2D eigenvalue weighted by Crippen LogP contribution is 2.23. The van der Waals surface area contributed by atoms with Gasteiger partial charge in [-0.25, -0.2) is 5.90 Å².